The molecule has 0 unspecified atom stereocenters. The third kappa shape index (κ3) is 842. The summed E-state index contributed by atoms with van der Waals surface area (Å²) in [5.41, 5.74) is 0. The Bertz CT molecular complexity index is 124. The largest absolute Gasteiger partial charge is 3.00 e. The van der Waals surface area contributed by atoms with Gasteiger partial charge < -0.3 is 42.2 Å². The smallest absolute Gasteiger partial charge is 0.672 e. The van der Waals surface area contributed by atoms with E-state index in [1.165, 1.54) is 0 Å². The van der Waals surface area contributed by atoms with Crippen molar-refractivity contribution >= 4 is 79.6 Å². The molecule has 0 saturated carbocycles. The zero-order valence-corrected chi connectivity index (χ0v) is 17.5. The van der Waals surface area contributed by atoms with Crippen molar-refractivity contribution in [1.82, 2.24) is 0 Å². The van der Waals surface area contributed by atoms with Gasteiger partial charge in [-0.05, 0) is 0 Å². The molecule has 16 heavy (non-hydrogen) atoms. The van der Waals surface area contributed by atoms with E-state index in [2.05, 4.69) is 0 Å². The molecule has 0 heterocycles. The Morgan fingerprint density at radius 3 is 0.500 bits per heavy atom. The monoisotopic (exact) mass is 348 g/mol. The normalized spacial score (nSPS) is 4.50. The number of rotatable bonds is 0. The van der Waals surface area contributed by atoms with E-state index in [1.54, 1.807) is 0 Å². The van der Waals surface area contributed by atoms with Crippen LogP contribution in [-0.2, 0) is 13.4 Å². The first-order valence-corrected chi connectivity index (χ1v) is 5.51. The van der Waals surface area contributed by atoms with Crippen molar-refractivity contribution in [2.45, 2.75) is 0 Å². The molecule has 0 fully saturated rings. The fourth-order valence-corrected chi connectivity index (χ4v) is 0. The number of hydrogen-bond donors (Lipinski definition) is 0. The molecule has 0 radical (unpaired) electrons. The Kier molecular flexibility index (Phi) is 96.6. The van der Waals surface area contributed by atoms with Gasteiger partial charge in [0.15, 0.2) is 0 Å². The Labute approximate surface area is 170 Å². The summed E-state index contributed by atoms with van der Waals surface area (Å²) >= 11 is 0. The van der Waals surface area contributed by atoms with Gasteiger partial charge in [0.2, 0.25) is 0 Å². The van der Waals surface area contributed by atoms with Crippen molar-refractivity contribution in [1.29, 1.82) is 0 Å². The van der Waals surface area contributed by atoms with Crippen molar-refractivity contribution in [2.24, 2.45) is 0 Å². The van der Waals surface area contributed by atoms with Crippen LogP contribution in [0.15, 0.2) is 0 Å². The second-order valence-corrected chi connectivity index (χ2v) is 2.25. The summed E-state index contributed by atoms with van der Waals surface area (Å²) in [5.74, 6) is 0. The maximum Gasteiger partial charge on any atom is 3.00 e. The summed E-state index contributed by atoms with van der Waals surface area (Å²) in [6.45, 7) is 0. The molecule has 16 heteroatoms. The molecule has 0 bridgehead atoms. The second kappa shape index (κ2) is 36.0. The van der Waals surface area contributed by atoms with E-state index in [4.69, 9.17) is 42.2 Å². The quantitative estimate of drug-likeness (QED) is 0.382. The minimum Gasteiger partial charge on any atom is -0.672 e. The van der Waals surface area contributed by atoms with Crippen LogP contribution in [0.1, 0.15) is 0 Å². The second-order valence-electron chi connectivity index (χ2n) is 0.750. The topological polar surface area (TPSA) is 190 Å². The first-order chi connectivity index (χ1) is 5.20. The maximum atomic E-state index is 8.52. The van der Waals surface area contributed by atoms with Gasteiger partial charge in [-0.1, -0.05) is 0 Å². The van der Waals surface area contributed by atoms with E-state index in [-0.39, 0.29) is 103 Å². The van der Waals surface area contributed by atoms with Crippen LogP contribution >= 0.6 is 0 Å². The zero-order valence-electron chi connectivity index (χ0n) is 7.91. The summed E-state index contributed by atoms with van der Waals surface area (Å²) in [6.07, 6.45) is 0. The first kappa shape index (κ1) is 43.0. The molecule has 0 saturated heterocycles. The van der Waals surface area contributed by atoms with E-state index < -0.39 is 27.5 Å². The molecular weight excluding hydrogens is 348 g/mol. The average molecular weight is 348 g/mol. The average Bonchev–Trinajstić information content (AvgIpc) is 1.54. The van der Waals surface area contributed by atoms with Crippen LogP contribution in [0.2, 0.25) is 0 Å². The van der Waals surface area contributed by atoms with Gasteiger partial charge in [-0.25, -0.2) is 0 Å². The van der Waals surface area contributed by atoms with Crippen LogP contribution in [0.3, 0.4) is 0 Å². The van der Waals surface area contributed by atoms with Crippen LogP contribution < -0.4 is 80.2 Å². The summed E-state index contributed by atoms with van der Waals surface area (Å²) in [6, 6.07) is 0. The maximum absolute atomic E-state index is 8.52. The minimum atomic E-state index is -3.63. The Hall–Kier alpha value is 2.08. The van der Waals surface area contributed by atoms with Gasteiger partial charge in [-0.3, -0.25) is 0 Å². The molecule has 9 nitrogen and oxygen atoms in total. The van der Waals surface area contributed by atoms with Gasteiger partial charge in [0.05, 0.1) is 0 Å². The molecule has 0 aromatic carbocycles. The van der Waals surface area contributed by atoms with Gasteiger partial charge in [0, 0.05) is 27.5 Å². The molecule has 0 aliphatic heterocycles. The minimum absolute atomic E-state index is 0. The van der Waals surface area contributed by atoms with E-state index >= 15 is 0 Å². The van der Waals surface area contributed by atoms with Crippen LogP contribution in [0, 0.1) is 0 Å². The molecule has 0 aromatic rings. The van der Waals surface area contributed by atoms with Crippen LogP contribution in [-0.4, -0.2) is 79.6 Å². The van der Waals surface area contributed by atoms with Crippen molar-refractivity contribution in [3.05, 3.63) is 0 Å². The zero-order chi connectivity index (χ0) is 10.7. The van der Waals surface area contributed by atoms with Gasteiger partial charge >= 0.3 is 103 Å². The molecule has 0 rings (SSSR count). The summed E-state index contributed by atoms with van der Waals surface area (Å²) in [7, 11) is -10.9. The van der Waals surface area contributed by atoms with E-state index in [1.807, 2.05) is 0 Å². The Balaban J connectivity index is -0.0000000135. The molecule has 72 valence electrons. The number of hydrogen-bond acceptors (Lipinski definition) is 9. The first-order valence-electron chi connectivity index (χ1n) is 1.84. The van der Waals surface area contributed by atoms with Crippen LogP contribution in [0.5, 0.6) is 0 Å². The third-order valence-corrected chi connectivity index (χ3v) is 0. The molecule has 0 amide bonds. The molecule has 0 aliphatic rings. The fraction of sp³-hybridized carbons (Fsp3) is 0. The molecule has 0 aliphatic carbocycles. The summed E-state index contributed by atoms with van der Waals surface area (Å²) in [4.78, 5) is 51.1. The van der Waals surface area contributed by atoms with Gasteiger partial charge in [-0.2, -0.15) is 0 Å². The standard InChI is InChI=1S/3Al.K.3O3Si/c;;;;3*1-4(2)3/q3*+3;+1;3*-2. The molecular formula is Al3KO9Si3+4. The van der Waals surface area contributed by atoms with Gasteiger partial charge in [0.25, 0.3) is 0 Å². The Morgan fingerprint density at radius 1 is 0.500 bits per heavy atom. The van der Waals surface area contributed by atoms with Gasteiger partial charge in [-0.15, -0.1) is 0 Å². The SMILES string of the molecule is O=[Si]([O-])[O-].O=[Si]([O-])[O-].O=[Si]([O-])[O-].[Al+3].[Al+3].[Al+3].[K+]. The molecule has 0 spiro atoms. The van der Waals surface area contributed by atoms with E-state index in [0.717, 1.165) is 0 Å². The summed E-state index contributed by atoms with van der Waals surface area (Å²) < 4.78 is 25.6. The van der Waals surface area contributed by atoms with Crippen molar-refractivity contribution in [3.8, 4) is 0 Å². The predicted octanol–water partition coefficient (Wildman–Crippen LogP) is -12.8. The van der Waals surface area contributed by atoms with Crippen molar-refractivity contribution < 1.29 is 93.5 Å². The summed E-state index contributed by atoms with van der Waals surface area (Å²) in [5, 5.41) is 0. The van der Waals surface area contributed by atoms with Gasteiger partial charge in [0.1, 0.15) is 0 Å². The molecule has 0 N–H and O–H groups in total. The van der Waals surface area contributed by atoms with Crippen LogP contribution in [0.25, 0.3) is 0 Å². The van der Waals surface area contributed by atoms with Crippen molar-refractivity contribution in [3.63, 3.8) is 0 Å². The van der Waals surface area contributed by atoms with Crippen molar-refractivity contribution in [2.75, 3.05) is 0 Å². The Morgan fingerprint density at radius 2 is 0.500 bits per heavy atom. The van der Waals surface area contributed by atoms with Crippen LogP contribution in [0.4, 0.5) is 0 Å². The fourth-order valence-electron chi connectivity index (χ4n) is 0. The molecule has 0 atom stereocenters. The van der Waals surface area contributed by atoms with E-state index in [9.17, 15) is 0 Å². The third-order valence-electron chi connectivity index (χ3n) is 0. The van der Waals surface area contributed by atoms with E-state index in [0.29, 0.717) is 0 Å². The molecule has 0 aromatic heterocycles. The predicted molar refractivity (Wildman–Crippen MR) is 36.6 cm³/mol.